The lowest BCUT2D eigenvalue weighted by Gasteiger charge is -2.16. The van der Waals surface area contributed by atoms with E-state index < -0.39 is 0 Å². The number of nitrogens with one attached hydrogen (secondary N) is 1. The quantitative estimate of drug-likeness (QED) is 0.629. The molecule has 0 unspecified atom stereocenters. The maximum Gasteiger partial charge on any atom is 0.103 e. The van der Waals surface area contributed by atoms with E-state index >= 15 is 0 Å². The summed E-state index contributed by atoms with van der Waals surface area (Å²) in [5, 5.41) is 3.08. The minimum absolute atomic E-state index is 0.902. The summed E-state index contributed by atoms with van der Waals surface area (Å²) in [5.74, 6) is 0.902. The van der Waals surface area contributed by atoms with Gasteiger partial charge in [-0.1, -0.05) is 12.7 Å². The van der Waals surface area contributed by atoms with E-state index in [1.165, 1.54) is 0 Å². The Morgan fingerprint density at radius 1 is 1.42 bits per heavy atom. The number of amidine groups is 1. The molecule has 0 aromatic rings. The van der Waals surface area contributed by atoms with Gasteiger partial charge in [0.1, 0.15) is 5.84 Å². The molecule has 0 saturated carbocycles. The molecule has 0 saturated heterocycles. The lowest BCUT2D eigenvalue weighted by molar-refractivity contribution is 1.04. The van der Waals surface area contributed by atoms with E-state index in [1.807, 2.05) is 32.9 Å². The molecule has 2 nitrogen and oxygen atoms in total. The Bertz CT molecular complexity index is 293. The van der Waals surface area contributed by atoms with Crippen molar-refractivity contribution in [1.29, 1.82) is 0 Å². The first-order valence-corrected chi connectivity index (χ1v) is 4.00. The monoisotopic (exact) mass is 162 g/mol. The standard InChI is InChI=1S/C10H14N2/c1-5-6-10-7(2)8(3)11-9(4)12-10/h5-6H,3H2,1-2,4H3,(H,11,12)/b6-5-. The van der Waals surface area contributed by atoms with Crippen LogP contribution in [0.5, 0.6) is 0 Å². The van der Waals surface area contributed by atoms with Gasteiger partial charge in [-0.2, -0.15) is 0 Å². The second kappa shape index (κ2) is 3.39. The molecular formula is C10H14N2. The molecule has 1 aliphatic rings. The van der Waals surface area contributed by atoms with Gasteiger partial charge in [-0.3, -0.25) is 0 Å². The van der Waals surface area contributed by atoms with Crippen LogP contribution >= 0.6 is 0 Å². The molecular weight excluding hydrogens is 148 g/mol. The van der Waals surface area contributed by atoms with E-state index in [4.69, 9.17) is 0 Å². The molecule has 12 heavy (non-hydrogen) atoms. The highest BCUT2D eigenvalue weighted by Crippen LogP contribution is 2.17. The smallest absolute Gasteiger partial charge is 0.103 e. The third kappa shape index (κ3) is 1.64. The number of aliphatic imine (C=N–C) groups is 1. The van der Waals surface area contributed by atoms with Crippen LogP contribution in [0, 0.1) is 0 Å². The molecule has 1 heterocycles. The van der Waals surface area contributed by atoms with Crippen molar-refractivity contribution in [3.8, 4) is 0 Å². The molecule has 0 bridgehead atoms. The van der Waals surface area contributed by atoms with Crippen LogP contribution in [0.25, 0.3) is 0 Å². The Morgan fingerprint density at radius 3 is 2.67 bits per heavy atom. The summed E-state index contributed by atoms with van der Waals surface area (Å²) in [4.78, 5) is 4.34. The average Bonchev–Trinajstić information content (AvgIpc) is 2.00. The molecule has 0 spiro atoms. The highest BCUT2D eigenvalue weighted by atomic mass is 15.0. The van der Waals surface area contributed by atoms with E-state index in [1.54, 1.807) is 0 Å². The Morgan fingerprint density at radius 2 is 2.08 bits per heavy atom. The van der Waals surface area contributed by atoms with Crippen LogP contribution in [0.4, 0.5) is 0 Å². The molecule has 0 aromatic heterocycles. The molecule has 1 rings (SSSR count). The maximum atomic E-state index is 4.34. The normalized spacial score (nSPS) is 18.2. The SMILES string of the molecule is C=C1NC(C)=NC(/C=C\C)=C1C. The van der Waals surface area contributed by atoms with Gasteiger partial charge in [0.05, 0.1) is 5.70 Å². The number of hydrogen-bond donors (Lipinski definition) is 1. The fourth-order valence-electron chi connectivity index (χ4n) is 1.08. The van der Waals surface area contributed by atoms with Gasteiger partial charge in [-0.25, -0.2) is 4.99 Å². The third-order valence-electron chi connectivity index (χ3n) is 1.78. The molecule has 0 aromatic carbocycles. The Kier molecular flexibility index (Phi) is 2.48. The van der Waals surface area contributed by atoms with Crippen molar-refractivity contribution in [3.05, 3.63) is 35.7 Å². The van der Waals surface area contributed by atoms with Gasteiger partial charge in [0.15, 0.2) is 0 Å². The van der Waals surface area contributed by atoms with E-state index in [-0.39, 0.29) is 0 Å². The summed E-state index contributed by atoms with van der Waals surface area (Å²) in [7, 11) is 0. The first-order chi connectivity index (χ1) is 5.65. The summed E-state index contributed by atoms with van der Waals surface area (Å²) in [6, 6.07) is 0. The van der Waals surface area contributed by atoms with Crippen molar-refractivity contribution in [2.75, 3.05) is 0 Å². The summed E-state index contributed by atoms with van der Waals surface area (Å²) < 4.78 is 0. The summed E-state index contributed by atoms with van der Waals surface area (Å²) in [6.45, 7) is 9.82. The van der Waals surface area contributed by atoms with Gasteiger partial charge in [0.2, 0.25) is 0 Å². The van der Waals surface area contributed by atoms with E-state index in [9.17, 15) is 0 Å². The second-order valence-electron chi connectivity index (χ2n) is 2.81. The lowest BCUT2D eigenvalue weighted by atomic mass is 10.1. The summed E-state index contributed by atoms with van der Waals surface area (Å²) in [5.41, 5.74) is 3.05. The zero-order chi connectivity index (χ0) is 9.14. The van der Waals surface area contributed by atoms with Gasteiger partial charge >= 0.3 is 0 Å². The van der Waals surface area contributed by atoms with E-state index in [0.717, 1.165) is 22.8 Å². The molecule has 64 valence electrons. The molecule has 0 atom stereocenters. The zero-order valence-corrected chi connectivity index (χ0v) is 7.81. The Hall–Kier alpha value is -1.31. The molecule has 2 heteroatoms. The van der Waals surface area contributed by atoms with E-state index in [0.29, 0.717) is 0 Å². The molecule has 0 amide bonds. The van der Waals surface area contributed by atoms with Gasteiger partial charge in [0.25, 0.3) is 0 Å². The van der Waals surface area contributed by atoms with Gasteiger partial charge in [-0.15, -0.1) is 0 Å². The van der Waals surface area contributed by atoms with Gasteiger partial charge in [0, 0.05) is 5.70 Å². The molecule has 1 N–H and O–H groups in total. The Balaban J connectivity index is 3.08. The second-order valence-corrected chi connectivity index (χ2v) is 2.81. The predicted octanol–water partition coefficient (Wildman–Crippen LogP) is 2.37. The fraction of sp³-hybridized carbons (Fsp3) is 0.300. The summed E-state index contributed by atoms with van der Waals surface area (Å²) in [6.07, 6.45) is 3.97. The van der Waals surface area contributed by atoms with Crippen LogP contribution in [-0.2, 0) is 0 Å². The highest BCUT2D eigenvalue weighted by Gasteiger charge is 2.08. The molecule has 1 aliphatic heterocycles. The van der Waals surface area contributed by atoms with Crippen molar-refractivity contribution >= 4 is 5.84 Å². The number of hydrogen-bond acceptors (Lipinski definition) is 2. The number of nitrogens with zero attached hydrogens (tertiary/aromatic N) is 1. The van der Waals surface area contributed by atoms with Gasteiger partial charge in [-0.05, 0) is 32.4 Å². The van der Waals surface area contributed by atoms with Crippen LogP contribution in [-0.4, -0.2) is 5.84 Å². The third-order valence-corrected chi connectivity index (χ3v) is 1.78. The lowest BCUT2D eigenvalue weighted by Crippen LogP contribution is -2.23. The minimum Gasteiger partial charge on any atom is -0.344 e. The largest absolute Gasteiger partial charge is 0.344 e. The average molecular weight is 162 g/mol. The van der Waals surface area contributed by atoms with Crippen molar-refractivity contribution in [1.82, 2.24) is 5.32 Å². The number of rotatable bonds is 1. The molecule has 0 fully saturated rings. The van der Waals surface area contributed by atoms with Crippen molar-refractivity contribution in [3.63, 3.8) is 0 Å². The maximum absolute atomic E-state index is 4.34. The van der Waals surface area contributed by atoms with Crippen molar-refractivity contribution in [2.45, 2.75) is 20.8 Å². The van der Waals surface area contributed by atoms with Crippen LogP contribution < -0.4 is 5.32 Å². The van der Waals surface area contributed by atoms with Crippen LogP contribution in [0.2, 0.25) is 0 Å². The number of allylic oxidation sites excluding steroid dienone is 3. The summed E-state index contributed by atoms with van der Waals surface area (Å²) >= 11 is 0. The minimum atomic E-state index is 0.902. The molecule has 0 radical (unpaired) electrons. The predicted molar refractivity (Wildman–Crippen MR) is 52.9 cm³/mol. The van der Waals surface area contributed by atoms with Crippen LogP contribution in [0.3, 0.4) is 0 Å². The zero-order valence-electron chi connectivity index (χ0n) is 7.81. The van der Waals surface area contributed by atoms with Crippen LogP contribution in [0.1, 0.15) is 20.8 Å². The van der Waals surface area contributed by atoms with Crippen molar-refractivity contribution in [2.24, 2.45) is 4.99 Å². The van der Waals surface area contributed by atoms with Crippen molar-refractivity contribution < 1.29 is 0 Å². The first kappa shape index (κ1) is 8.78. The highest BCUT2D eigenvalue weighted by molar-refractivity contribution is 5.85. The Labute approximate surface area is 73.4 Å². The van der Waals surface area contributed by atoms with Crippen LogP contribution in [0.15, 0.2) is 40.7 Å². The molecule has 0 aliphatic carbocycles. The van der Waals surface area contributed by atoms with Gasteiger partial charge < -0.3 is 5.32 Å². The topological polar surface area (TPSA) is 24.4 Å². The van der Waals surface area contributed by atoms with E-state index in [2.05, 4.69) is 16.9 Å². The fourth-order valence-corrected chi connectivity index (χ4v) is 1.08. The first-order valence-electron chi connectivity index (χ1n) is 4.00.